The molecule has 2 aromatic carbocycles. The Morgan fingerprint density at radius 2 is 1.48 bits per heavy atom. The number of nitrogens with zero attached hydrogens (tertiary/aromatic N) is 1. The van der Waals surface area contributed by atoms with E-state index < -0.39 is 17.8 Å². The van der Waals surface area contributed by atoms with Gasteiger partial charge in [-0.1, -0.05) is 40.2 Å². The van der Waals surface area contributed by atoms with Gasteiger partial charge in [0.15, 0.2) is 0 Å². The highest BCUT2D eigenvalue weighted by Gasteiger charge is 2.62. The number of imide groups is 1. The first-order valence-corrected chi connectivity index (χ1v) is 9.12. The van der Waals surface area contributed by atoms with Crippen molar-refractivity contribution in [1.82, 2.24) is 0 Å². The number of benzene rings is 2. The van der Waals surface area contributed by atoms with E-state index in [-0.39, 0.29) is 23.5 Å². The summed E-state index contributed by atoms with van der Waals surface area (Å²) in [6.07, 6.45) is 0.357. The van der Waals surface area contributed by atoms with Crippen LogP contribution in [-0.2, 0) is 14.4 Å². The Hall–Kier alpha value is -2.27. The molecule has 0 spiro atoms. The van der Waals surface area contributed by atoms with Gasteiger partial charge < -0.3 is 0 Å². The molecule has 1 aliphatic heterocycles. The van der Waals surface area contributed by atoms with E-state index in [1.54, 1.807) is 12.1 Å². The van der Waals surface area contributed by atoms with Crippen molar-refractivity contribution < 1.29 is 14.4 Å². The molecule has 0 radical (unpaired) electrons. The second-order valence-corrected chi connectivity index (χ2v) is 7.84. The second kappa shape index (κ2) is 5.11. The predicted octanol–water partition coefficient (Wildman–Crippen LogP) is 3.41. The summed E-state index contributed by atoms with van der Waals surface area (Å²) in [6.45, 7) is 0. The minimum atomic E-state index is -0.558. The molecular weight excluding hydrogens is 382 g/mol. The molecule has 124 valence electrons. The normalized spacial score (nSPS) is 29.8. The first-order valence-electron chi connectivity index (χ1n) is 8.33. The van der Waals surface area contributed by atoms with Crippen LogP contribution in [0.4, 0.5) is 5.69 Å². The van der Waals surface area contributed by atoms with Crippen LogP contribution in [0.15, 0.2) is 53.0 Å². The number of Topliss-reactive ketones (excluding diaryl/α,β-unsaturated/α-hetero) is 1. The minimum absolute atomic E-state index is 0.0868. The third-order valence-corrected chi connectivity index (χ3v) is 6.30. The molecule has 1 saturated carbocycles. The van der Waals surface area contributed by atoms with E-state index >= 15 is 0 Å². The maximum Gasteiger partial charge on any atom is 0.238 e. The summed E-state index contributed by atoms with van der Waals surface area (Å²) in [4.78, 5) is 40.1. The number of ketones is 1. The Morgan fingerprint density at radius 3 is 2.20 bits per heavy atom. The van der Waals surface area contributed by atoms with Crippen molar-refractivity contribution in [3.05, 3.63) is 64.1 Å². The van der Waals surface area contributed by atoms with Crippen molar-refractivity contribution in [2.24, 2.45) is 11.8 Å². The van der Waals surface area contributed by atoms with E-state index in [0.717, 1.165) is 15.6 Å². The van der Waals surface area contributed by atoms with E-state index in [2.05, 4.69) is 15.9 Å². The lowest BCUT2D eigenvalue weighted by Gasteiger charge is -2.43. The summed E-state index contributed by atoms with van der Waals surface area (Å²) >= 11 is 3.37. The van der Waals surface area contributed by atoms with Gasteiger partial charge in [0.2, 0.25) is 11.8 Å². The van der Waals surface area contributed by atoms with Gasteiger partial charge in [0.1, 0.15) is 5.78 Å². The molecule has 5 heteroatoms. The number of amides is 2. The Morgan fingerprint density at radius 1 is 0.840 bits per heavy atom. The van der Waals surface area contributed by atoms with Crippen LogP contribution in [0.2, 0.25) is 0 Å². The van der Waals surface area contributed by atoms with Gasteiger partial charge in [-0.15, -0.1) is 0 Å². The molecule has 2 bridgehead atoms. The highest BCUT2D eigenvalue weighted by atomic mass is 79.9. The number of rotatable bonds is 1. The molecule has 2 amide bonds. The van der Waals surface area contributed by atoms with Crippen molar-refractivity contribution in [3.63, 3.8) is 0 Å². The average Bonchev–Trinajstić information content (AvgIpc) is 2.88. The van der Waals surface area contributed by atoms with E-state index in [1.807, 2.05) is 36.4 Å². The third-order valence-electron chi connectivity index (χ3n) is 5.77. The molecule has 1 saturated heterocycles. The number of fused-ring (bicyclic) bond motifs is 1. The lowest BCUT2D eigenvalue weighted by Crippen LogP contribution is -2.44. The molecule has 2 aromatic rings. The maximum absolute atomic E-state index is 13.1. The van der Waals surface area contributed by atoms with E-state index in [4.69, 9.17) is 0 Å². The molecule has 25 heavy (non-hydrogen) atoms. The van der Waals surface area contributed by atoms with Crippen molar-refractivity contribution in [3.8, 4) is 0 Å². The molecule has 0 N–H and O–H groups in total. The summed E-state index contributed by atoms with van der Waals surface area (Å²) < 4.78 is 0.885. The molecule has 0 aromatic heterocycles. The number of hydrogen-bond acceptors (Lipinski definition) is 3. The lowest BCUT2D eigenvalue weighted by molar-refractivity contribution is -0.134. The van der Waals surface area contributed by atoms with Crippen molar-refractivity contribution in [2.45, 2.75) is 18.3 Å². The molecule has 3 aliphatic carbocycles. The zero-order valence-corrected chi connectivity index (χ0v) is 14.8. The number of halogens is 1. The standard InChI is InChI=1S/C20H14BrNO3/c21-10-5-7-11(8-6-10)22-19(24)17-14-9-15(23)16(18(17)20(22)25)13-4-2-1-3-12(13)14/h1-8,14,16-18H,9H2/t14-,16+,17-,18-/m1/s1. The fourth-order valence-electron chi connectivity index (χ4n) is 4.80. The number of carbonyl (C=O) groups is 3. The summed E-state index contributed by atoms with van der Waals surface area (Å²) in [5.74, 6) is -1.97. The van der Waals surface area contributed by atoms with E-state index in [0.29, 0.717) is 12.1 Å². The van der Waals surface area contributed by atoms with Crippen molar-refractivity contribution >= 4 is 39.2 Å². The Bertz CT molecular complexity index is 936. The van der Waals surface area contributed by atoms with Crippen LogP contribution >= 0.6 is 15.9 Å². The fourth-order valence-corrected chi connectivity index (χ4v) is 5.07. The number of anilines is 1. The molecule has 4 aliphatic rings. The van der Waals surface area contributed by atoms with Gasteiger partial charge >= 0.3 is 0 Å². The van der Waals surface area contributed by atoms with Gasteiger partial charge in [-0.25, -0.2) is 0 Å². The molecule has 4 nitrogen and oxygen atoms in total. The highest BCUT2D eigenvalue weighted by molar-refractivity contribution is 9.10. The van der Waals surface area contributed by atoms with Crippen LogP contribution in [0, 0.1) is 11.8 Å². The van der Waals surface area contributed by atoms with Crippen LogP contribution in [0.1, 0.15) is 29.4 Å². The van der Waals surface area contributed by atoms with Gasteiger partial charge in [0, 0.05) is 16.8 Å². The SMILES string of the molecule is O=C1C[C@@H]2c3ccccc3[C@@H]1[C@H]1C(=O)N(c3ccc(Br)cc3)C(=O)[C@@H]12. The van der Waals surface area contributed by atoms with Crippen LogP contribution in [0.25, 0.3) is 0 Å². The lowest BCUT2D eigenvalue weighted by atomic mass is 9.56. The summed E-state index contributed by atoms with van der Waals surface area (Å²) in [5.41, 5.74) is 2.57. The van der Waals surface area contributed by atoms with Crippen LogP contribution < -0.4 is 4.90 Å². The molecule has 4 atom stereocenters. The fraction of sp³-hybridized carbons (Fsp3) is 0.250. The van der Waals surface area contributed by atoms with Gasteiger partial charge in [0.25, 0.3) is 0 Å². The first-order chi connectivity index (χ1) is 12.1. The predicted molar refractivity (Wildman–Crippen MR) is 95.2 cm³/mol. The van der Waals surface area contributed by atoms with Crippen molar-refractivity contribution in [2.75, 3.05) is 4.90 Å². The topological polar surface area (TPSA) is 54.5 Å². The quantitative estimate of drug-likeness (QED) is 0.695. The van der Waals surface area contributed by atoms with Gasteiger partial charge in [-0.3, -0.25) is 19.3 Å². The Kier molecular flexibility index (Phi) is 3.07. The van der Waals surface area contributed by atoms with Crippen LogP contribution in [0.5, 0.6) is 0 Å². The maximum atomic E-state index is 13.1. The zero-order chi connectivity index (χ0) is 17.3. The summed E-state index contributed by atoms with van der Waals surface area (Å²) in [5, 5.41) is 0. The number of hydrogen-bond donors (Lipinski definition) is 0. The van der Waals surface area contributed by atoms with Gasteiger partial charge in [0.05, 0.1) is 23.4 Å². The van der Waals surface area contributed by atoms with Gasteiger partial charge in [-0.2, -0.15) is 0 Å². The molecule has 2 fully saturated rings. The summed E-state index contributed by atoms with van der Waals surface area (Å²) in [7, 11) is 0. The van der Waals surface area contributed by atoms with Crippen LogP contribution in [0.3, 0.4) is 0 Å². The largest absolute Gasteiger partial charge is 0.299 e. The highest BCUT2D eigenvalue weighted by Crippen LogP contribution is 2.57. The average molecular weight is 396 g/mol. The van der Waals surface area contributed by atoms with Gasteiger partial charge in [-0.05, 0) is 35.4 Å². The van der Waals surface area contributed by atoms with Crippen molar-refractivity contribution in [1.29, 1.82) is 0 Å². The smallest absolute Gasteiger partial charge is 0.238 e. The number of carbonyl (C=O) groups excluding carboxylic acids is 3. The van der Waals surface area contributed by atoms with E-state index in [1.165, 1.54) is 4.90 Å². The minimum Gasteiger partial charge on any atom is -0.299 e. The summed E-state index contributed by atoms with van der Waals surface area (Å²) in [6, 6.07) is 14.9. The zero-order valence-electron chi connectivity index (χ0n) is 13.2. The third kappa shape index (κ3) is 1.90. The molecule has 6 rings (SSSR count). The Labute approximate surface area is 153 Å². The molecule has 1 heterocycles. The van der Waals surface area contributed by atoms with Crippen LogP contribution in [-0.4, -0.2) is 17.6 Å². The first kappa shape index (κ1) is 15.0. The second-order valence-electron chi connectivity index (χ2n) is 6.92. The molecular formula is C20H14BrNO3. The monoisotopic (exact) mass is 395 g/mol. The van der Waals surface area contributed by atoms with E-state index in [9.17, 15) is 14.4 Å². The Balaban J connectivity index is 1.65. The molecule has 0 unspecified atom stereocenters.